The van der Waals surface area contributed by atoms with Crippen molar-refractivity contribution in [1.82, 2.24) is 15.2 Å². The molecule has 4 N–H and O–H groups in total. The van der Waals surface area contributed by atoms with Gasteiger partial charge in [0.15, 0.2) is 15.7 Å². The number of ether oxygens (including phenoxy) is 1. The van der Waals surface area contributed by atoms with Crippen LogP contribution in [0.2, 0.25) is 0 Å². The predicted octanol–water partition coefficient (Wildman–Crippen LogP) is 5.03. The Morgan fingerprint density at radius 1 is 1.17 bits per heavy atom. The number of primary amides is 1. The van der Waals surface area contributed by atoms with Gasteiger partial charge >= 0.3 is 6.09 Å². The van der Waals surface area contributed by atoms with Crippen molar-refractivity contribution in [3.63, 3.8) is 0 Å². The van der Waals surface area contributed by atoms with Crippen LogP contribution in [0.25, 0.3) is 10.4 Å². The van der Waals surface area contributed by atoms with Crippen LogP contribution in [0, 0.1) is 6.92 Å². The van der Waals surface area contributed by atoms with Crippen molar-refractivity contribution < 1.29 is 17.9 Å². The molecular formula is C24H29N5O4S2. The zero-order valence-electron chi connectivity index (χ0n) is 19.5. The third-order valence-electron chi connectivity index (χ3n) is 6.85. The normalized spacial score (nSPS) is 20.8. The number of hydrogen-bond donors (Lipinski definition) is 3. The lowest BCUT2D eigenvalue weighted by molar-refractivity contribution is 0.0787. The van der Waals surface area contributed by atoms with Gasteiger partial charge < -0.3 is 15.8 Å². The minimum atomic E-state index is -3.47. The first-order valence-electron chi connectivity index (χ1n) is 11.9. The van der Waals surface area contributed by atoms with Crippen molar-refractivity contribution in [2.24, 2.45) is 5.73 Å². The van der Waals surface area contributed by atoms with E-state index < -0.39 is 15.9 Å². The first kappa shape index (κ1) is 23.8. The standard InChI is InChI=1S/C24H29N5O4S2/c1-14-11-22(29-28-14)27-16-7-10-19(21(12-16)35(31,32)18-3-2-4-18)20-13-26-23(34-20)15-5-8-17(9-6-15)33-24(25)30/h7,10-13,15,17-18H,2-6,8-9H2,1H3,(H2,25,30)(H2,27,28,29). The third-order valence-corrected chi connectivity index (χ3v) is 10.3. The quantitative estimate of drug-likeness (QED) is 0.401. The topological polar surface area (TPSA) is 140 Å². The monoisotopic (exact) mass is 515 g/mol. The van der Waals surface area contributed by atoms with E-state index in [4.69, 9.17) is 10.5 Å². The molecule has 2 heterocycles. The molecule has 9 nitrogen and oxygen atoms in total. The Hall–Kier alpha value is -2.92. The third kappa shape index (κ3) is 5.06. The number of amides is 1. The van der Waals surface area contributed by atoms with Gasteiger partial charge in [-0.15, -0.1) is 11.3 Å². The summed E-state index contributed by atoms with van der Waals surface area (Å²) in [6.45, 7) is 1.91. The molecule has 0 unspecified atom stereocenters. The fourth-order valence-electron chi connectivity index (χ4n) is 4.72. The number of nitrogens with one attached hydrogen (secondary N) is 2. The Balaban J connectivity index is 1.42. The van der Waals surface area contributed by atoms with Gasteiger partial charge in [0.25, 0.3) is 0 Å². The summed E-state index contributed by atoms with van der Waals surface area (Å²) in [7, 11) is -3.47. The Labute approximate surface area is 208 Å². The van der Waals surface area contributed by atoms with Crippen LogP contribution < -0.4 is 11.1 Å². The molecule has 2 saturated carbocycles. The van der Waals surface area contributed by atoms with Gasteiger partial charge in [0.2, 0.25) is 0 Å². The van der Waals surface area contributed by atoms with Crippen LogP contribution in [0.5, 0.6) is 0 Å². The number of H-pyrrole nitrogens is 1. The number of carbonyl (C=O) groups excluding carboxylic acids is 1. The highest BCUT2D eigenvalue weighted by Gasteiger charge is 2.35. The first-order chi connectivity index (χ1) is 16.8. The van der Waals surface area contributed by atoms with E-state index in [0.29, 0.717) is 34.8 Å². The van der Waals surface area contributed by atoms with Crippen molar-refractivity contribution in [3.8, 4) is 10.4 Å². The van der Waals surface area contributed by atoms with Crippen LogP contribution in [-0.4, -0.2) is 41.0 Å². The van der Waals surface area contributed by atoms with Gasteiger partial charge in [0, 0.05) is 35.1 Å². The molecule has 0 saturated heterocycles. The lowest BCUT2D eigenvalue weighted by Gasteiger charge is -2.26. The molecule has 5 rings (SSSR count). The molecule has 35 heavy (non-hydrogen) atoms. The minimum absolute atomic E-state index is 0.138. The van der Waals surface area contributed by atoms with E-state index >= 15 is 0 Å². The van der Waals surface area contributed by atoms with Gasteiger partial charge in [-0.3, -0.25) is 5.10 Å². The highest BCUT2D eigenvalue weighted by molar-refractivity contribution is 7.92. The number of carbonyl (C=O) groups is 1. The molecule has 1 aromatic carbocycles. The summed E-state index contributed by atoms with van der Waals surface area (Å²) in [6, 6.07) is 7.33. The van der Waals surface area contributed by atoms with E-state index in [1.165, 1.54) is 0 Å². The Morgan fingerprint density at radius 2 is 1.94 bits per heavy atom. The van der Waals surface area contributed by atoms with E-state index in [1.54, 1.807) is 23.6 Å². The SMILES string of the molecule is Cc1cc(Nc2ccc(-c3cnc(C4CCC(OC(N)=O)CC4)s3)c(S(=O)(=O)C3CCC3)c2)n[nH]1. The molecule has 3 aromatic rings. The van der Waals surface area contributed by atoms with Crippen molar-refractivity contribution in [2.45, 2.75) is 74.0 Å². The highest BCUT2D eigenvalue weighted by atomic mass is 32.2. The number of aryl methyl sites for hydroxylation is 1. The van der Waals surface area contributed by atoms with Gasteiger partial charge in [-0.25, -0.2) is 18.2 Å². The number of nitrogens with two attached hydrogens (primary N) is 1. The fraction of sp³-hybridized carbons (Fsp3) is 0.458. The van der Waals surface area contributed by atoms with E-state index in [-0.39, 0.29) is 17.3 Å². The molecule has 0 aliphatic heterocycles. The second kappa shape index (κ2) is 9.62. The molecule has 0 bridgehead atoms. The maximum atomic E-state index is 13.5. The highest BCUT2D eigenvalue weighted by Crippen LogP contribution is 2.42. The zero-order valence-corrected chi connectivity index (χ0v) is 21.1. The van der Waals surface area contributed by atoms with Crippen LogP contribution in [0.4, 0.5) is 16.3 Å². The average Bonchev–Trinajstić information content (AvgIpc) is 3.42. The average molecular weight is 516 g/mol. The molecule has 186 valence electrons. The summed E-state index contributed by atoms with van der Waals surface area (Å²) in [5.41, 5.74) is 7.43. The Bertz CT molecular complexity index is 1320. The molecule has 2 fully saturated rings. The number of benzene rings is 1. The minimum Gasteiger partial charge on any atom is -0.446 e. The molecule has 0 atom stereocenters. The van der Waals surface area contributed by atoms with Crippen LogP contribution in [0.3, 0.4) is 0 Å². The molecule has 0 spiro atoms. The lowest BCUT2D eigenvalue weighted by atomic mass is 9.88. The van der Waals surface area contributed by atoms with Crippen LogP contribution in [0.15, 0.2) is 35.4 Å². The molecule has 11 heteroatoms. The van der Waals surface area contributed by atoms with E-state index in [1.807, 2.05) is 25.1 Å². The fourth-order valence-corrected chi connectivity index (χ4v) is 8.00. The number of nitrogens with zero attached hydrogens (tertiary/aromatic N) is 2. The van der Waals surface area contributed by atoms with Crippen molar-refractivity contribution in [1.29, 1.82) is 0 Å². The number of hydrogen-bond acceptors (Lipinski definition) is 8. The van der Waals surface area contributed by atoms with E-state index in [9.17, 15) is 13.2 Å². The van der Waals surface area contributed by atoms with Crippen molar-refractivity contribution in [3.05, 3.63) is 41.2 Å². The number of aromatic nitrogens is 3. The number of anilines is 2. The smallest absolute Gasteiger partial charge is 0.404 e. The number of rotatable bonds is 7. The van der Waals surface area contributed by atoms with Gasteiger partial charge in [-0.1, -0.05) is 12.5 Å². The largest absolute Gasteiger partial charge is 0.446 e. The summed E-state index contributed by atoms with van der Waals surface area (Å²) in [4.78, 5) is 16.9. The number of sulfone groups is 1. The summed E-state index contributed by atoms with van der Waals surface area (Å²) < 4.78 is 32.2. The van der Waals surface area contributed by atoms with E-state index in [2.05, 4.69) is 20.5 Å². The number of aromatic amines is 1. The predicted molar refractivity (Wildman–Crippen MR) is 135 cm³/mol. The molecule has 2 aromatic heterocycles. The first-order valence-corrected chi connectivity index (χ1v) is 14.2. The Kier molecular flexibility index (Phi) is 6.54. The van der Waals surface area contributed by atoms with Crippen LogP contribution >= 0.6 is 11.3 Å². The summed E-state index contributed by atoms with van der Waals surface area (Å²) in [5.74, 6) is 0.898. The van der Waals surface area contributed by atoms with Crippen molar-refractivity contribution >= 4 is 38.8 Å². The van der Waals surface area contributed by atoms with Crippen LogP contribution in [-0.2, 0) is 14.6 Å². The van der Waals surface area contributed by atoms with Gasteiger partial charge in [0.05, 0.1) is 20.0 Å². The second-order valence-electron chi connectivity index (χ2n) is 9.34. The molecule has 0 radical (unpaired) electrons. The second-order valence-corrected chi connectivity index (χ2v) is 12.6. The summed E-state index contributed by atoms with van der Waals surface area (Å²) in [5, 5.41) is 10.9. The van der Waals surface area contributed by atoms with Gasteiger partial charge in [-0.2, -0.15) is 5.10 Å². The summed E-state index contributed by atoms with van der Waals surface area (Å²) >= 11 is 1.54. The molecular weight excluding hydrogens is 486 g/mol. The van der Waals surface area contributed by atoms with Crippen LogP contribution in [0.1, 0.15) is 61.6 Å². The molecule has 1 amide bonds. The van der Waals surface area contributed by atoms with Gasteiger partial charge in [0.1, 0.15) is 6.10 Å². The molecule has 2 aliphatic carbocycles. The Morgan fingerprint density at radius 3 is 2.57 bits per heavy atom. The van der Waals surface area contributed by atoms with E-state index in [0.717, 1.165) is 47.7 Å². The lowest BCUT2D eigenvalue weighted by Crippen LogP contribution is -2.28. The maximum Gasteiger partial charge on any atom is 0.404 e. The van der Waals surface area contributed by atoms with Crippen molar-refractivity contribution in [2.75, 3.05) is 5.32 Å². The maximum absolute atomic E-state index is 13.5. The van der Waals surface area contributed by atoms with Gasteiger partial charge in [-0.05, 0) is 57.6 Å². The summed E-state index contributed by atoms with van der Waals surface area (Å²) in [6.07, 6.45) is 6.45. The molecule has 2 aliphatic rings. The zero-order chi connectivity index (χ0) is 24.6. The number of thiazole rings is 1.